The van der Waals surface area contributed by atoms with Crippen LogP contribution in [0.2, 0.25) is 0 Å². The molecule has 0 fully saturated rings. The van der Waals surface area contributed by atoms with Crippen molar-refractivity contribution in [3.8, 4) is 0 Å². The fourth-order valence-corrected chi connectivity index (χ4v) is 0.546. The summed E-state index contributed by atoms with van der Waals surface area (Å²) in [6.07, 6.45) is -10.9. The molecule has 0 aliphatic rings. The molecule has 0 aromatic heterocycles. The highest BCUT2D eigenvalue weighted by Gasteiger charge is 2.66. The summed E-state index contributed by atoms with van der Waals surface area (Å²) in [5.41, 5.74) is 0. The monoisotopic (exact) mass is 266 g/mol. The smallest absolute Gasteiger partial charge is 0.466 e. The molecule has 1 N–H and O–H groups in total. The summed E-state index contributed by atoms with van der Waals surface area (Å²) in [7, 11) is 0. The third-order valence-electron chi connectivity index (χ3n) is 1.28. The number of halogens is 6. The average Bonchev–Trinajstić information content (AvgIpc) is 2.12. The number of esters is 1. The first-order valence-corrected chi connectivity index (χ1v) is 3.68. The standard InChI is InChI=1S/C7H4F6O4/c8-5(9)6(10,7(11,12)13)17-4(16)2-1-3(14)15/h1-2,5H,(H,14,15)/b2-1-. The fourth-order valence-electron chi connectivity index (χ4n) is 0.546. The number of carbonyl (C=O) groups excluding carboxylic acids is 1. The molecule has 1 unspecified atom stereocenters. The molecule has 1 atom stereocenters. The van der Waals surface area contributed by atoms with Gasteiger partial charge >= 0.3 is 30.4 Å². The Hall–Kier alpha value is -1.74. The molecule has 0 aliphatic heterocycles. The molecule has 0 rings (SSSR count). The Morgan fingerprint density at radius 2 is 1.59 bits per heavy atom. The first kappa shape index (κ1) is 15.3. The van der Waals surface area contributed by atoms with E-state index in [1.165, 1.54) is 0 Å². The summed E-state index contributed by atoms with van der Waals surface area (Å²) in [4.78, 5) is 20.3. The molecule has 4 nitrogen and oxygen atoms in total. The Bertz CT molecular complexity index is 336. The molecule has 0 saturated carbocycles. The van der Waals surface area contributed by atoms with Crippen LogP contribution in [0.1, 0.15) is 0 Å². The van der Waals surface area contributed by atoms with Gasteiger partial charge in [-0.05, 0) is 0 Å². The number of rotatable bonds is 4. The van der Waals surface area contributed by atoms with Crippen LogP contribution >= 0.6 is 0 Å². The number of ether oxygens (including phenoxy) is 1. The van der Waals surface area contributed by atoms with Gasteiger partial charge < -0.3 is 9.84 Å². The van der Waals surface area contributed by atoms with Crippen molar-refractivity contribution in [2.45, 2.75) is 18.5 Å². The molecule has 17 heavy (non-hydrogen) atoms. The van der Waals surface area contributed by atoms with Gasteiger partial charge in [-0.25, -0.2) is 18.4 Å². The number of alkyl halides is 6. The Morgan fingerprint density at radius 3 is 1.88 bits per heavy atom. The van der Waals surface area contributed by atoms with Crippen molar-refractivity contribution in [3.05, 3.63) is 12.2 Å². The van der Waals surface area contributed by atoms with Crippen LogP contribution in [-0.2, 0) is 14.3 Å². The Kier molecular flexibility index (Phi) is 4.54. The number of carboxylic acids is 1. The lowest BCUT2D eigenvalue weighted by Gasteiger charge is -2.25. The summed E-state index contributed by atoms with van der Waals surface area (Å²) in [5.74, 6) is -9.43. The van der Waals surface area contributed by atoms with Crippen molar-refractivity contribution in [1.82, 2.24) is 0 Å². The fraction of sp³-hybridized carbons (Fsp3) is 0.429. The number of aliphatic carboxylic acids is 1. The average molecular weight is 266 g/mol. The first-order valence-electron chi connectivity index (χ1n) is 3.68. The van der Waals surface area contributed by atoms with E-state index < -0.39 is 30.4 Å². The van der Waals surface area contributed by atoms with Crippen LogP contribution in [0.4, 0.5) is 26.3 Å². The van der Waals surface area contributed by atoms with E-state index in [0.717, 1.165) is 0 Å². The maximum absolute atomic E-state index is 12.7. The summed E-state index contributed by atoms with van der Waals surface area (Å²) in [6.45, 7) is 0. The van der Waals surface area contributed by atoms with Crippen molar-refractivity contribution in [1.29, 1.82) is 0 Å². The van der Waals surface area contributed by atoms with Gasteiger partial charge in [-0.3, -0.25) is 0 Å². The SMILES string of the molecule is O=C(O)/C=C\C(=O)OC(F)(C(F)F)C(F)(F)F. The van der Waals surface area contributed by atoms with Gasteiger partial charge in [0.25, 0.3) is 0 Å². The first-order chi connectivity index (χ1) is 7.50. The molecule has 0 heterocycles. The lowest BCUT2D eigenvalue weighted by Crippen LogP contribution is -2.50. The quantitative estimate of drug-likeness (QED) is 0.477. The zero-order chi connectivity index (χ0) is 13.9. The summed E-state index contributed by atoms with van der Waals surface area (Å²) in [6, 6.07) is 0. The van der Waals surface area contributed by atoms with Crippen LogP contribution < -0.4 is 0 Å². The minimum Gasteiger partial charge on any atom is -0.478 e. The number of hydrogen-bond donors (Lipinski definition) is 1. The lowest BCUT2D eigenvalue weighted by molar-refractivity contribution is -0.354. The van der Waals surface area contributed by atoms with Crippen LogP contribution in [0.3, 0.4) is 0 Å². The molecular formula is C7H4F6O4. The summed E-state index contributed by atoms with van der Waals surface area (Å²) >= 11 is 0. The second-order valence-electron chi connectivity index (χ2n) is 2.54. The minimum atomic E-state index is -6.14. The van der Waals surface area contributed by atoms with E-state index in [9.17, 15) is 35.9 Å². The largest absolute Gasteiger partial charge is 0.478 e. The van der Waals surface area contributed by atoms with Gasteiger partial charge in [0.05, 0.1) is 0 Å². The zero-order valence-corrected chi connectivity index (χ0v) is 7.67. The van der Waals surface area contributed by atoms with Crippen LogP contribution in [-0.4, -0.2) is 35.5 Å². The van der Waals surface area contributed by atoms with Gasteiger partial charge in [-0.2, -0.15) is 17.6 Å². The van der Waals surface area contributed by atoms with Gasteiger partial charge in [0.15, 0.2) is 0 Å². The minimum absolute atomic E-state index is 0.00456. The Balaban J connectivity index is 4.92. The highest BCUT2D eigenvalue weighted by atomic mass is 19.4. The maximum Gasteiger partial charge on any atom is 0.466 e. The molecule has 0 aliphatic carbocycles. The third-order valence-corrected chi connectivity index (χ3v) is 1.28. The van der Waals surface area contributed by atoms with Gasteiger partial charge in [0.1, 0.15) is 0 Å². The molecule has 0 bridgehead atoms. The molecular weight excluding hydrogens is 262 g/mol. The van der Waals surface area contributed by atoms with Gasteiger partial charge in [-0.15, -0.1) is 0 Å². The van der Waals surface area contributed by atoms with Crippen molar-refractivity contribution in [2.24, 2.45) is 0 Å². The number of hydrogen-bond acceptors (Lipinski definition) is 3. The third kappa shape index (κ3) is 3.96. The lowest BCUT2D eigenvalue weighted by atomic mass is 10.3. The molecule has 0 aromatic rings. The van der Waals surface area contributed by atoms with Crippen molar-refractivity contribution in [2.75, 3.05) is 0 Å². The van der Waals surface area contributed by atoms with Crippen molar-refractivity contribution >= 4 is 11.9 Å². The highest BCUT2D eigenvalue weighted by Crippen LogP contribution is 2.39. The highest BCUT2D eigenvalue weighted by molar-refractivity contribution is 5.90. The molecule has 0 radical (unpaired) electrons. The van der Waals surface area contributed by atoms with Crippen molar-refractivity contribution in [3.63, 3.8) is 0 Å². The molecule has 98 valence electrons. The zero-order valence-electron chi connectivity index (χ0n) is 7.67. The predicted molar refractivity (Wildman–Crippen MR) is 38.8 cm³/mol. The van der Waals surface area contributed by atoms with E-state index in [1.54, 1.807) is 0 Å². The van der Waals surface area contributed by atoms with E-state index in [4.69, 9.17) is 5.11 Å². The topological polar surface area (TPSA) is 63.6 Å². The second kappa shape index (κ2) is 5.06. The normalized spacial score (nSPS) is 15.9. The number of carbonyl (C=O) groups is 2. The van der Waals surface area contributed by atoms with E-state index in [0.29, 0.717) is 0 Å². The van der Waals surface area contributed by atoms with Crippen LogP contribution in [0.5, 0.6) is 0 Å². The van der Waals surface area contributed by atoms with Crippen molar-refractivity contribution < 1.29 is 45.8 Å². The van der Waals surface area contributed by atoms with E-state index >= 15 is 0 Å². The molecule has 0 amide bonds. The van der Waals surface area contributed by atoms with Gasteiger partial charge in [0, 0.05) is 12.2 Å². The Morgan fingerprint density at radius 1 is 1.12 bits per heavy atom. The number of carboxylic acid groups (broad SMARTS) is 1. The molecule has 0 saturated heterocycles. The van der Waals surface area contributed by atoms with E-state index in [1.807, 2.05) is 0 Å². The van der Waals surface area contributed by atoms with Crippen LogP contribution in [0.15, 0.2) is 12.2 Å². The molecule has 10 heteroatoms. The van der Waals surface area contributed by atoms with Crippen LogP contribution in [0, 0.1) is 0 Å². The van der Waals surface area contributed by atoms with E-state index in [2.05, 4.69) is 4.74 Å². The van der Waals surface area contributed by atoms with E-state index in [-0.39, 0.29) is 12.2 Å². The maximum atomic E-state index is 12.7. The summed E-state index contributed by atoms with van der Waals surface area (Å²) in [5, 5.41) is 7.97. The molecule has 0 spiro atoms. The van der Waals surface area contributed by atoms with Gasteiger partial charge in [0.2, 0.25) is 0 Å². The van der Waals surface area contributed by atoms with Gasteiger partial charge in [-0.1, -0.05) is 0 Å². The van der Waals surface area contributed by atoms with Crippen LogP contribution in [0.25, 0.3) is 0 Å². The summed E-state index contributed by atoms with van der Waals surface area (Å²) < 4.78 is 74.8. The predicted octanol–water partition coefficient (Wildman–Crippen LogP) is 1.66. The second-order valence-corrected chi connectivity index (χ2v) is 2.54. The Labute approximate surface area is 89.5 Å². The molecule has 0 aromatic carbocycles.